The van der Waals surface area contributed by atoms with Crippen LogP contribution in [0.4, 0.5) is 5.69 Å². The first kappa shape index (κ1) is 13.4. The summed E-state index contributed by atoms with van der Waals surface area (Å²) in [4.78, 5) is 26.9. The highest BCUT2D eigenvalue weighted by atomic mass is 16.4. The van der Waals surface area contributed by atoms with Gasteiger partial charge in [-0.1, -0.05) is 6.07 Å². The lowest BCUT2D eigenvalue weighted by atomic mass is 10.1. The van der Waals surface area contributed by atoms with Gasteiger partial charge in [0.1, 0.15) is 6.04 Å². The van der Waals surface area contributed by atoms with Gasteiger partial charge in [-0.15, -0.1) is 0 Å². The number of carboxylic acids is 1. The van der Waals surface area contributed by atoms with E-state index >= 15 is 0 Å². The van der Waals surface area contributed by atoms with Crippen LogP contribution in [-0.2, 0) is 4.79 Å². The molecule has 0 saturated carbocycles. The predicted octanol–water partition coefficient (Wildman–Crippen LogP) is 1.44. The van der Waals surface area contributed by atoms with Crippen molar-refractivity contribution in [3.05, 3.63) is 29.8 Å². The molecule has 0 aromatic heterocycles. The lowest BCUT2D eigenvalue weighted by Gasteiger charge is -2.22. The number of hydrogen-bond acceptors (Lipinski definition) is 3. The number of likely N-dealkylation sites (tertiary alicyclic amines) is 1. The Bertz CT molecular complexity index is 499. The van der Waals surface area contributed by atoms with Crippen molar-refractivity contribution >= 4 is 17.6 Å². The molecule has 0 spiro atoms. The first-order valence-corrected chi connectivity index (χ1v) is 6.32. The summed E-state index contributed by atoms with van der Waals surface area (Å²) >= 11 is 0. The number of amides is 1. The lowest BCUT2D eigenvalue weighted by Crippen LogP contribution is -2.40. The van der Waals surface area contributed by atoms with Crippen LogP contribution in [0.15, 0.2) is 24.3 Å². The Morgan fingerprint density at radius 3 is 2.74 bits per heavy atom. The molecule has 2 rings (SSSR count). The average molecular weight is 262 g/mol. The Morgan fingerprint density at radius 1 is 1.37 bits per heavy atom. The second kappa shape index (κ2) is 5.30. The van der Waals surface area contributed by atoms with Gasteiger partial charge < -0.3 is 14.9 Å². The van der Waals surface area contributed by atoms with Crippen molar-refractivity contribution in [3.63, 3.8) is 0 Å². The largest absolute Gasteiger partial charge is 0.480 e. The van der Waals surface area contributed by atoms with Crippen molar-refractivity contribution in [1.82, 2.24) is 4.90 Å². The minimum Gasteiger partial charge on any atom is -0.480 e. The second-order valence-electron chi connectivity index (χ2n) is 4.94. The number of carbonyl (C=O) groups is 2. The van der Waals surface area contributed by atoms with Crippen LogP contribution in [0.5, 0.6) is 0 Å². The molecule has 1 aromatic rings. The highest BCUT2D eigenvalue weighted by Gasteiger charge is 2.34. The van der Waals surface area contributed by atoms with E-state index in [0.29, 0.717) is 18.5 Å². The Balaban J connectivity index is 2.24. The number of hydrogen-bond donors (Lipinski definition) is 1. The number of aliphatic carboxylic acids is 1. The third-order valence-corrected chi connectivity index (χ3v) is 3.41. The van der Waals surface area contributed by atoms with E-state index in [4.69, 9.17) is 5.11 Å². The predicted molar refractivity (Wildman–Crippen MR) is 72.5 cm³/mol. The SMILES string of the molecule is CN(C)c1cccc(C(=O)N2CCC[C@H]2C(=O)O)c1. The second-order valence-corrected chi connectivity index (χ2v) is 4.94. The zero-order chi connectivity index (χ0) is 14.0. The van der Waals surface area contributed by atoms with Crippen molar-refractivity contribution in [3.8, 4) is 0 Å². The molecule has 5 heteroatoms. The zero-order valence-corrected chi connectivity index (χ0v) is 11.2. The third-order valence-electron chi connectivity index (χ3n) is 3.41. The monoisotopic (exact) mass is 262 g/mol. The highest BCUT2D eigenvalue weighted by molar-refractivity contribution is 5.97. The molecule has 1 aliphatic rings. The summed E-state index contributed by atoms with van der Waals surface area (Å²) in [5, 5.41) is 9.12. The van der Waals surface area contributed by atoms with Crippen LogP contribution in [0, 0.1) is 0 Å². The molecule has 1 saturated heterocycles. The third kappa shape index (κ3) is 2.70. The summed E-state index contributed by atoms with van der Waals surface area (Å²) in [5.41, 5.74) is 1.47. The van der Waals surface area contributed by atoms with Gasteiger partial charge in [-0.25, -0.2) is 4.79 Å². The fourth-order valence-electron chi connectivity index (χ4n) is 2.35. The Hall–Kier alpha value is -2.04. The molecule has 1 amide bonds. The van der Waals surface area contributed by atoms with Crippen LogP contribution < -0.4 is 4.90 Å². The minimum absolute atomic E-state index is 0.200. The van der Waals surface area contributed by atoms with E-state index in [1.54, 1.807) is 12.1 Å². The molecule has 1 N–H and O–H groups in total. The lowest BCUT2D eigenvalue weighted by molar-refractivity contribution is -0.141. The molecule has 1 aliphatic heterocycles. The summed E-state index contributed by atoms with van der Waals surface area (Å²) in [7, 11) is 3.80. The van der Waals surface area contributed by atoms with E-state index in [2.05, 4.69) is 0 Å². The number of anilines is 1. The first-order chi connectivity index (χ1) is 9.00. The molecule has 1 heterocycles. The fourth-order valence-corrected chi connectivity index (χ4v) is 2.35. The summed E-state index contributed by atoms with van der Waals surface area (Å²) in [6, 6.07) is 6.56. The molecule has 0 unspecified atom stereocenters. The van der Waals surface area contributed by atoms with Crippen LogP contribution in [0.25, 0.3) is 0 Å². The van der Waals surface area contributed by atoms with Crippen molar-refractivity contribution in [2.75, 3.05) is 25.5 Å². The van der Waals surface area contributed by atoms with E-state index in [9.17, 15) is 9.59 Å². The number of carbonyl (C=O) groups excluding carboxylic acids is 1. The Labute approximate surface area is 112 Å². The van der Waals surface area contributed by atoms with Crippen LogP contribution in [-0.4, -0.2) is 48.6 Å². The van der Waals surface area contributed by atoms with Crippen molar-refractivity contribution in [2.45, 2.75) is 18.9 Å². The molecular weight excluding hydrogens is 244 g/mol. The van der Waals surface area contributed by atoms with Gasteiger partial charge in [0.2, 0.25) is 0 Å². The standard InChI is InChI=1S/C14H18N2O3/c1-15(2)11-6-3-5-10(9-11)13(17)16-8-4-7-12(16)14(18)19/h3,5-6,9,12H,4,7-8H2,1-2H3,(H,18,19)/t12-/m0/s1. The number of rotatable bonds is 3. The van der Waals surface area contributed by atoms with Gasteiger partial charge in [0.25, 0.3) is 5.91 Å². The van der Waals surface area contributed by atoms with E-state index < -0.39 is 12.0 Å². The maximum Gasteiger partial charge on any atom is 0.326 e. The molecule has 5 nitrogen and oxygen atoms in total. The van der Waals surface area contributed by atoms with Gasteiger partial charge >= 0.3 is 5.97 Å². The molecule has 1 aromatic carbocycles. The molecule has 0 radical (unpaired) electrons. The smallest absolute Gasteiger partial charge is 0.326 e. The summed E-state index contributed by atoms with van der Waals surface area (Å²) in [6.45, 7) is 0.516. The van der Waals surface area contributed by atoms with Crippen LogP contribution in [0.2, 0.25) is 0 Å². The zero-order valence-electron chi connectivity index (χ0n) is 11.2. The minimum atomic E-state index is -0.922. The first-order valence-electron chi connectivity index (χ1n) is 6.32. The van der Waals surface area contributed by atoms with Gasteiger partial charge in [0.15, 0.2) is 0 Å². The van der Waals surface area contributed by atoms with Gasteiger partial charge in [0.05, 0.1) is 0 Å². The molecule has 0 bridgehead atoms. The molecule has 1 atom stereocenters. The molecule has 0 aliphatic carbocycles. The molecule has 1 fully saturated rings. The van der Waals surface area contributed by atoms with Crippen LogP contribution >= 0.6 is 0 Å². The molecule has 102 valence electrons. The van der Waals surface area contributed by atoms with E-state index in [1.807, 2.05) is 31.1 Å². The quantitative estimate of drug-likeness (QED) is 0.895. The Kier molecular flexibility index (Phi) is 3.74. The fraction of sp³-hybridized carbons (Fsp3) is 0.429. The van der Waals surface area contributed by atoms with E-state index in [-0.39, 0.29) is 5.91 Å². The summed E-state index contributed by atoms with van der Waals surface area (Å²) in [5.74, 6) is -1.12. The van der Waals surface area contributed by atoms with E-state index in [0.717, 1.165) is 12.1 Å². The Morgan fingerprint density at radius 2 is 2.11 bits per heavy atom. The van der Waals surface area contributed by atoms with E-state index in [1.165, 1.54) is 4.90 Å². The van der Waals surface area contributed by atoms with Crippen molar-refractivity contribution in [1.29, 1.82) is 0 Å². The van der Waals surface area contributed by atoms with Crippen molar-refractivity contribution in [2.24, 2.45) is 0 Å². The maximum atomic E-state index is 12.4. The van der Waals surface area contributed by atoms with Crippen LogP contribution in [0.1, 0.15) is 23.2 Å². The van der Waals surface area contributed by atoms with Gasteiger partial charge in [-0.2, -0.15) is 0 Å². The topological polar surface area (TPSA) is 60.9 Å². The normalized spacial score (nSPS) is 18.4. The molecular formula is C14H18N2O3. The maximum absolute atomic E-state index is 12.4. The highest BCUT2D eigenvalue weighted by Crippen LogP contribution is 2.22. The van der Waals surface area contributed by atoms with Crippen molar-refractivity contribution < 1.29 is 14.7 Å². The van der Waals surface area contributed by atoms with Gasteiger partial charge in [0, 0.05) is 31.9 Å². The summed E-state index contributed by atoms with van der Waals surface area (Å²) in [6.07, 6.45) is 1.28. The number of nitrogens with zero attached hydrogens (tertiary/aromatic N) is 2. The van der Waals surface area contributed by atoms with Gasteiger partial charge in [-0.05, 0) is 31.0 Å². The average Bonchev–Trinajstić information content (AvgIpc) is 2.87. The summed E-state index contributed by atoms with van der Waals surface area (Å²) < 4.78 is 0. The number of benzene rings is 1. The van der Waals surface area contributed by atoms with Crippen LogP contribution in [0.3, 0.4) is 0 Å². The molecule has 19 heavy (non-hydrogen) atoms. The number of carboxylic acid groups (broad SMARTS) is 1. The van der Waals surface area contributed by atoms with Gasteiger partial charge in [-0.3, -0.25) is 4.79 Å².